The number of rotatable bonds is 2. The highest BCUT2D eigenvalue weighted by atomic mass is 16.7. The molecular formula is C12H16BNO3. The van der Waals surface area contributed by atoms with E-state index in [-0.39, 0.29) is 0 Å². The van der Waals surface area contributed by atoms with Gasteiger partial charge in [-0.15, -0.1) is 4.91 Å². The first-order valence-corrected chi connectivity index (χ1v) is 5.65. The van der Waals surface area contributed by atoms with Crippen LogP contribution in [0.4, 0.5) is 5.69 Å². The molecule has 1 aliphatic heterocycles. The van der Waals surface area contributed by atoms with Gasteiger partial charge in [-0.1, -0.05) is 18.2 Å². The fourth-order valence-corrected chi connectivity index (χ4v) is 1.74. The van der Waals surface area contributed by atoms with Crippen LogP contribution in [0.5, 0.6) is 0 Å². The lowest BCUT2D eigenvalue weighted by Crippen LogP contribution is -2.41. The minimum atomic E-state index is -0.533. The Morgan fingerprint density at radius 2 is 1.59 bits per heavy atom. The topological polar surface area (TPSA) is 47.9 Å². The number of nitrogens with zero attached hydrogens (tertiary/aromatic N) is 1. The summed E-state index contributed by atoms with van der Waals surface area (Å²) in [4.78, 5) is 10.7. The normalized spacial score (nSPS) is 21.5. The molecule has 1 aromatic carbocycles. The molecule has 0 saturated carbocycles. The van der Waals surface area contributed by atoms with Crippen LogP contribution in [0.2, 0.25) is 0 Å². The zero-order valence-corrected chi connectivity index (χ0v) is 10.6. The van der Waals surface area contributed by atoms with Crippen LogP contribution < -0.4 is 5.46 Å². The standard InChI is InChI=1S/C12H16BNO3/c1-11(2)12(3,4)17-13(16-11)9-7-5-6-8-10(9)14-15/h5-8H,1-4H3. The lowest BCUT2D eigenvalue weighted by atomic mass is 9.78. The molecule has 0 atom stereocenters. The summed E-state index contributed by atoms with van der Waals surface area (Å²) in [5.74, 6) is 0. The van der Waals surface area contributed by atoms with E-state index in [0.29, 0.717) is 11.2 Å². The average Bonchev–Trinajstić information content (AvgIpc) is 2.48. The maximum Gasteiger partial charge on any atom is 0.497 e. The van der Waals surface area contributed by atoms with E-state index in [1.165, 1.54) is 0 Å². The summed E-state index contributed by atoms with van der Waals surface area (Å²) in [6.45, 7) is 7.90. The van der Waals surface area contributed by atoms with Gasteiger partial charge in [0.05, 0.1) is 11.2 Å². The van der Waals surface area contributed by atoms with Crippen LogP contribution >= 0.6 is 0 Å². The van der Waals surface area contributed by atoms with Crippen LogP contribution in [0.15, 0.2) is 29.4 Å². The molecule has 1 aromatic rings. The number of hydrogen-bond donors (Lipinski definition) is 0. The molecule has 0 spiro atoms. The second-order valence-corrected chi connectivity index (χ2v) is 5.24. The molecule has 1 aliphatic rings. The predicted octanol–water partition coefficient (Wildman–Crippen LogP) is 2.38. The lowest BCUT2D eigenvalue weighted by molar-refractivity contribution is 0.00578. The fraction of sp³-hybridized carbons (Fsp3) is 0.500. The summed E-state index contributed by atoms with van der Waals surface area (Å²) in [5, 5.41) is 3.00. The van der Waals surface area contributed by atoms with Gasteiger partial charge < -0.3 is 9.31 Å². The fourth-order valence-electron chi connectivity index (χ4n) is 1.74. The Kier molecular flexibility index (Phi) is 2.83. The third-order valence-corrected chi connectivity index (χ3v) is 3.54. The van der Waals surface area contributed by atoms with Gasteiger partial charge in [-0.25, -0.2) is 0 Å². The smallest absolute Gasteiger partial charge is 0.399 e. The van der Waals surface area contributed by atoms with Crippen molar-refractivity contribution in [3.63, 3.8) is 0 Å². The Labute approximate surface area is 101 Å². The first-order chi connectivity index (χ1) is 7.87. The first-order valence-electron chi connectivity index (χ1n) is 5.65. The molecule has 4 nitrogen and oxygen atoms in total. The largest absolute Gasteiger partial charge is 0.497 e. The number of nitroso groups, excluding NO2 is 1. The summed E-state index contributed by atoms with van der Waals surface area (Å²) in [6, 6.07) is 7.08. The average molecular weight is 233 g/mol. The molecule has 2 rings (SSSR count). The molecule has 0 radical (unpaired) electrons. The van der Waals surface area contributed by atoms with Crippen molar-refractivity contribution in [1.82, 2.24) is 0 Å². The maximum absolute atomic E-state index is 10.7. The van der Waals surface area contributed by atoms with Crippen molar-refractivity contribution in [3.8, 4) is 0 Å². The van der Waals surface area contributed by atoms with E-state index in [1.807, 2.05) is 33.8 Å². The zero-order chi connectivity index (χ0) is 12.7. The Bertz CT molecular complexity index is 429. The van der Waals surface area contributed by atoms with Crippen molar-refractivity contribution in [1.29, 1.82) is 0 Å². The Balaban J connectivity index is 2.35. The van der Waals surface area contributed by atoms with Crippen molar-refractivity contribution in [2.75, 3.05) is 0 Å². The summed E-state index contributed by atoms with van der Waals surface area (Å²) in [7, 11) is -0.533. The van der Waals surface area contributed by atoms with E-state index in [1.54, 1.807) is 18.2 Å². The van der Waals surface area contributed by atoms with Gasteiger partial charge in [0.1, 0.15) is 5.69 Å². The quantitative estimate of drug-likeness (QED) is 0.582. The molecule has 0 unspecified atom stereocenters. The molecule has 0 aliphatic carbocycles. The minimum Gasteiger partial charge on any atom is -0.399 e. The van der Waals surface area contributed by atoms with Gasteiger partial charge in [0.15, 0.2) is 0 Å². The van der Waals surface area contributed by atoms with Crippen LogP contribution in [0.1, 0.15) is 27.7 Å². The molecule has 1 saturated heterocycles. The monoisotopic (exact) mass is 233 g/mol. The summed E-state index contributed by atoms with van der Waals surface area (Å²) in [5.41, 5.74) is 0.230. The van der Waals surface area contributed by atoms with Crippen LogP contribution in [-0.2, 0) is 9.31 Å². The van der Waals surface area contributed by atoms with Crippen molar-refractivity contribution < 1.29 is 9.31 Å². The van der Waals surface area contributed by atoms with E-state index < -0.39 is 18.3 Å². The van der Waals surface area contributed by atoms with E-state index >= 15 is 0 Å². The molecule has 90 valence electrons. The molecule has 17 heavy (non-hydrogen) atoms. The highest BCUT2D eigenvalue weighted by Crippen LogP contribution is 2.37. The maximum atomic E-state index is 10.7. The lowest BCUT2D eigenvalue weighted by Gasteiger charge is -2.32. The Hall–Kier alpha value is -1.20. The second kappa shape index (κ2) is 3.93. The molecule has 0 N–H and O–H groups in total. The molecule has 5 heteroatoms. The summed E-state index contributed by atoms with van der Waals surface area (Å²) in [6.07, 6.45) is 0. The number of hydrogen-bond acceptors (Lipinski definition) is 4. The zero-order valence-electron chi connectivity index (χ0n) is 10.6. The van der Waals surface area contributed by atoms with Gasteiger partial charge in [-0.3, -0.25) is 0 Å². The van der Waals surface area contributed by atoms with Crippen LogP contribution in [-0.4, -0.2) is 18.3 Å². The predicted molar refractivity (Wildman–Crippen MR) is 67.6 cm³/mol. The molecule has 1 fully saturated rings. The van der Waals surface area contributed by atoms with E-state index in [9.17, 15) is 4.91 Å². The Morgan fingerprint density at radius 1 is 1.06 bits per heavy atom. The van der Waals surface area contributed by atoms with Gasteiger partial charge in [-0.05, 0) is 38.9 Å². The Morgan fingerprint density at radius 3 is 2.12 bits per heavy atom. The van der Waals surface area contributed by atoms with Gasteiger partial charge >= 0.3 is 7.12 Å². The van der Waals surface area contributed by atoms with Crippen molar-refractivity contribution in [2.45, 2.75) is 38.9 Å². The molecule has 0 bridgehead atoms. The van der Waals surface area contributed by atoms with E-state index in [0.717, 1.165) is 0 Å². The van der Waals surface area contributed by atoms with Crippen molar-refractivity contribution in [2.24, 2.45) is 5.18 Å². The summed E-state index contributed by atoms with van der Waals surface area (Å²) < 4.78 is 11.7. The van der Waals surface area contributed by atoms with Crippen LogP contribution in [0.25, 0.3) is 0 Å². The third kappa shape index (κ3) is 2.00. The van der Waals surface area contributed by atoms with Crippen molar-refractivity contribution in [3.05, 3.63) is 29.2 Å². The molecule has 0 amide bonds. The SMILES string of the molecule is CC1(C)OB(c2ccccc2N=O)OC1(C)C. The van der Waals surface area contributed by atoms with Crippen LogP contribution in [0.3, 0.4) is 0 Å². The van der Waals surface area contributed by atoms with Gasteiger partial charge in [0.25, 0.3) is 0 Å². The van der Waals surface area contributed by atoms with E-state index in [4.69, 9.17) is 9.31 Å². The highest BCUT2D eigenvalue weighted by Gasteiger charge is 2.52. The minimum absolute atomic E-state index is 0.367. The molecular weight excluding hydrogens is 217 g/mol. The van der Waals surface area contributed by atoms with Gasteiger partial charge in [-0.2, -0.15) is 0 Å². The van der Waals surface area contributed by atoms with Gasteiger partial charge in [0, 0.05) is 5.46 Å². The van der Waals surface area contributed by atoms with E-state index in [2.05, 4.69) is 5.18 Å². The second-order valence-electron chi connectivity index (χ2n) is 5.24. The summed E-state index contributed by atoms with van der Waals surface area (Å²) >= 11 is 0. The third-order valence-electron chi connectivity index (χ3n) is 3.54. The number of benzene rings is 1. The van der Waals surface area contributed by atoms with Crippen molar-refractivity contribution >= 4 is 18.3 Å². The van der Waals surface area contributed by atoms with Crippen LogP contribution in [0, 0.1) is 4.91 Å². The van der Waals surface area contributed by atoms with Gasteiger partial charge in [0.2, 0.25) is 0 Å². The highest BCUT2D eigenvalue weighted by molar-refractivity contribution is 6.63. The first kappa shape index (κ1) is 12.3. The molecule has 0 aromatic heterocycles. The molecule has 1 heterocycles.